The number of halogens is 2. The highest BCUT2D eigenvalue weighted by Gasteiger charge is 2.57. The second-order valence-electron chi connectivity index (χ2n) is 8.43. The number of aromatic nitrogens is 1. The molecule has 5 nitrogen and oxygen atoms in total. The normalized spacial score (nSPS) is 22.6. The third-order valence-electron chi connectivity index (χ3n) is 6.70. The number of hydrogen-bond acceptors (Lipinski definition) is 3. The molecule has 1 unspecified atom stereocenters. The van der Waals surface area contributed by atoms with Crippen LogP contribution < -0.4 is 5.32 Å². The van der Waals surface area contributed by atoms with Crippen LogP contribution in [0.5, 0.6) is 0 Å². The summed E-state index contributed by atoms with van der Waals surface area (Å²) in [5, 5.41) is 13.7. The molecule has 0 saturated heterocycles. The van der Waals surface area contributed by atoms with Crippen LogP contribution in [0, 0.1) is 11.3 Å². The molecule has 30 heavy (non-hydrogen) atoms. The van der Waals surface area contributed by atoms with Gasteiger partial charge in [-0.3, -0.25) is 9.59 Å². The number of thiophene rings is 1. The average molecular weight is 463 g/mol. The highest BCUT2D eigenvalue weighted by molar-refractivity contribution is 7.23. The van der Waals surface area contributed by atoms with Gasteiger partial charge in [-0.25, -0.2) is 0 Å². The lowest BCUT2D eigenvalue weighted by Crippen LogP contribution is -2.47. The fraction of sp³-hybridized carbons (Fsp3) is 0.364. The van der Waals surface area contributed by atoms with E-state index < -0.39 is 11.4 Å². The molecule has 5 rings (SSSR count). The number of nitrogens with one attached hydrogen (secondary N) is 2. The Morgan fingerprint density at radius 3 is 2.67 bits per heavy atom. The van der Waals surface area contributed by atoms with E-state index in [4.69, 9.17) is 23.2 Å². The molecule has 0 radical (unpaired) electrons. The minimum atomic E-state index is -0.919. The number of aromatic amines is 1. The van der Waals surface area contributed by atoms with Crippen molar-refractivity contribution in [1.29, 1.82) is 0 Å². The van der Waals surface area contributed by atoms with Crippen molar-refractivity contribution in [3.63, 3.8) is 0 Å². The highest BCUT2D eigenvalue weighted by atomic mass is 35.5. The topological polar surface area (TPSA) is 82.2 Å². The molecule has 156 valence electrons. The Balaban J connectivity index is 1.49. The number of fused-ring (bicyclic) bond motifs is 2. The van der Waals surface area contributed by atoms with Gasteiger partial charge in [0.1, 0.15) is 10.0 Å². The van der Waals surface area contributed by atoms with Gasteiger partial charge in [-0.1, -0.05) is 47.5 Å². The van der Waals surface area contributed by atoms with Crippen LogP contribution in [0.25, 0.3) is 10.2 Å². The standard InChI is InChI=1S/C22H20Cl2N2O3S/c1-22(21(28)29,11-6-7-11)16-12-5-3-2-4-10(12)8-13(16)26-20(27)14-9-15-18(25-14)17(23)19(24)30-15/h2-5,9,11,13,16,25H,6-8H2,1H3,(H,26,27)(H,28,29)/t13-,16+,22?/m1/s1. The quantitative estimate of drug-likeness (QED) is 0.469. The Hall–Kier alpha value is -2.02. The van der Waals surface area contributed by atoms with E-state index >= 15 is 0 Å². The van der Waals surface area contributed by atoms with Gasteiger partial charge in [0.25, 0.3) is 5.91 Å². The first-order valence-electron chi connectivity index (χ1n) is 9.89. The summed E-state index contributed by atoms with van der Waals surface area (Å²) < 4.78 is 1.30. The first kappa shape index (κ1) is 19.9. The van der Waals surface area contributed by atoms with Gasteiger partial charge < -0.3 is 15.4 Å². The maximum atomic E-state index is 13.1. The van der Waals surface area contributed by atoms with Crippen LogP contribution in [0.1, 0.15) is 47.3 Å². The van der Waals surface area contributed by atoms with E-state index in [1.165, 1.54) is 11.3 Å². The fourth-order valence-corrected chi connectivity index (χ4v) is 6.48. The largest absolute Gasteiger partial charge is 0.481 e. The molecule has 2 aliphatic rings. The minimum absolute atomic E-state index is 0.127. The number of rotatable bonds is 5. The van der Waals surface area contributed by atoms with Gasteiger partial charge in [-0.15, -0.1) is 11.3 Å². The predicted octanol–water partition coefficient (Wildman–Crippen LogP) is 5.48. The van der Waals surface area contributed by atoms with Crippen molar-refractivity contribution < 1.29 is 14.7 Å². The third-order valence-corrected chi connectivity index (χ3v) is 8.63. The SMILES string of the molecule is CC(C(=O)O)(C1CC1)[C@H]1c2ccccc2C[C@H]1NC(=O)c1cc2sc(Cl)c(Cl)c2[nH]1. The molecule has 0 spiro atoms. The molecule has 1 saturated carbocycles. The zero-order valence-corrected chi connectivity index (χ0v) is 18.5. The van der Waals surface area contributed by atoms with Crippen molar-refractivity contribution in [1.82, 2.24) is 10.3 Å². The van der Waals surface area contributed by atoms with E-state index in [1.54, 1.807) is 6.07 Å². The van der Waals surface area contributed by atoms with E-state index in [-0.39, 0.29) is 23.8 Å². The zero-order chi connectivity index (χ0) is 21.2. The second kappa shape index (κ2) is 7.01. The number of carbonyl (C=O) groups excluding carboxylic acids is 1. The molecule has 0 bridgehead atoms. The zero-order valence-electron chi connectivity index (χ0n) is 16.2. The summed E-state index contributed by atoms with van der Waals surface area (Å²) in [5.41, 5.74) is 2.26. The first-order valence-corrected chi connectivity index (χ1v) is 11.5. The Labute approximate surface area is 187 Å². The molecule has 3 N–H and O–H groups in total. The van der Waals surface area contributed by atoms with Crippen molar-refractivity contribution in [3.8, 4) is 0 Å². The maximum absolute atomic E-state index is 13.1. The Morgan fingerprint density at radius 1 is 1.27 bits per heavy atom. The summed E-state index contributed by atoms with van der Waals surface area (Å²) in [6.45, 7) is 1.84. The average Bonchev–Trinajstić information content (AvgIpc) is 3.31. The van der Waals surface area contributed by atoms with E-state index in [9.17, 15) is 14.7 Å². The number of carboxylic acids is 1. The Bertz CT molecular complexity index is 1180. The van der Waals surface area contributed by atoms with Crippen LogP contribution in [0.4, 0.5) is 0 Å². The summed E-state index contributed by atoms with van der Waals surface area (Å²) in [5.74, 6) is -1.22. The number of carbonyl (C=O) groups is 2. The van der Waals surface area contributed by atoms with Gasteiger partial charge in [-0.2, -0.15) is 0 Å². The van der Waals surface area contributed by atoms with Gasteiger partial charge >= 0.3 is 5.97 Å². The fourth-order valence-electron chi connectivity index (χ4n) is 5.00. The van der Waals surface area contributed by atoms with Crippen LogP contribution >= 0.6 is 34.5 Å². The van der Waals surface area contributed by atoms with Crippen LogP contribution in [0.15, 0.2) is 30.3 Å². The van der Waals surface area contributed by atoms with E-state index in [0.29, 0.717) is 27.0 Å². The minimum Gasteiger partial charge on any atom is -0.481 e. The van der Waals surface area contributed by atoms with Crippen LogP contribution in [0.3, 0.4) is 0 Å². The van der Waals surface area contributed by atoms with Crippen LogP contribution in [-0.2, 0) is 11.2 Å². The van der Waals surface area contributed by atoms with E-state index in [2.05, 4.69) is 10.3 Å². The molecule has 0 aliphatic heterocycles. The molecule has 8 heteroatoms. The lowest BCUT2D eigenvalue weighted by atomic mass is 9.68. The molecule has 1 aromatic carbocycles. The summed E-state index contributed by atoms with van der Waals surface area (Å²) in [4.78, 5) is 28.5. The third kappa shape index (κ3) is 2.96. The van der Waals surface area contributed by atoms with E-state index in [0.717, 1.165) is 28.7 Å². The molecule has 1 fully saturated rings. The van der Waals surface area contributed by atoms with Gasteiger partial charge in [0, 0.05) is 12.0 Å². The summed E-state index contributed by atoms with van der Waals surface area (Å²) in [7, 11) is 0. The van der Waals surface area contributed by atoms with Gasteiger partial charge in [0.2, 0.25) is 0 Å². The summed E-state index contributed by atoms with van der Waals surface area (Å²) >= 11 is 13.6. The Kier molecular flexibility index (Phi) is 4.65. The molecular formula is C22H20Cl2N2O3S. The van der Waals surface area contributed by atoms with Gasteiger partial charge in [0.15, 0.2) is 0 Å². The summed E-state index contributed by atoms with van der Waals surface area (Å²) in [6.07, 6.45) is 2.44. The highest BCUT2D eigenvalue weighted by Crippen LogP contribution is 2.57. The predicted molar refractivity (Wildman–Crippen MR) is 119 cm³/mol. The monoisotopic (exact) mass is 462 g/mol. The number of carboxylic acid groups (broad SMARTS) is 1. The Morgan fingerprint density at radius 2 is 2.00 bits per heavy atom. The number of aliphatic carboxylic acids is 1. The molecular weight excluding hydrogens is 443 g/mol. The number of H-pyrrole nitrogens is 1. The van der Waals surface area contributed by atoms with Gasteiger partial charge in [-0.05, 0) is 49.3 Å². The molecule has 3 aromatic rings. The number of benzene rings is 1. The number of amides is 1. The lowest BCUT2D eigenvalue weighted by molar-refractivity contribution is -0.151. The lowest BCUT2D eigenvalue weighted by Gasteiger charge is -2.36. The van der Waals surface area contributed by atoms with Gasteiger partial charge in [0.05, 0.1) is 20.7 Å². The molecule has 2 heterocycles. The van der Waals surface area contributed by atoms with Crippen LogP contribution in [-0.4, -0.2) is 28.0 Å². The van der Waals surface area contributed by atoms with Crippen molar-refractivity contribution in [2.75, 3.05) is 0 Å². The smallest absolute Gasteiger partial charge is 0.310 e. The summed E-state index contributed by atoms with van der Waals surface area (Å²) in [6, 6.07) is 9.37. The molecule has 2 aliphatic carbocycles. The first-order chi connectivity index (χ1) is 14.3. The van der Waals surface area contributed by atoms with Crippen LogP contribution in [0.2, 0.25) is 9.36 Å². The van der Waals surface area contributed by atoms with Crippen molar-refractivity contribution in [3.05, 3.63) is 56.5 Å². The maximum Gasteiger partial charge on any atom is 0.310 e. The van der Waals surface area contributed by atoms with Crippen molar-refractivity contribution in [2.45, 2.75) is 38.1 Å². The second-order valence-corrected chi connectivity index (χ2v) is 10.5. The van der Waals surface area contributed by atoms with Crippen molar-refractivity contribution in [2.24, 2.45) is 11.3 Å². The molecule has 1 amide bonds. The molecule has 2 aromatic heterocycles. The molecule has 3 atom stereocenters. The number of hydrogen-bond donors (Lipinski definition) is 3. The van der Waals surface area contributed by atoms with E-state index in [1.807, 2.05) is 31.2 Å². The van der Waals surface area contributed by atoms with Crippen molar-refractivity contribution >= 4 is 56.6 Å².